The fourth-order valence-electron chi connectivity index (χ4n) is 2.86. The second kappa shape index (κ2) is 7.74. The van der Waals surface area contributed by atoms with Gasteiger partial charge in [0.25, 0.3) is 0 Å². The van der Waals surface area contributed by atoms with E-state index in [0.717, 1.165) is 38.2 Å². The summed E-state index contributed by atoms with van der Waals surface area (Å²) in [4.78, 5) is 14.7. The van der Waals surface area contributed by atoms with Crippen LogP contribution in [0.4, 0.5) is 5.82 Å². The number of hydrogen-bond acceptors (Lipinski definition) is 4. The third-order valence-corrected chi connectivity index (χ3v) is 4.76. The number of likely N-dealkylation sites (tertiary alicyclic amines) is 1. The number of aliphatic hydroxyl groups is 1. The maximum atomic E-state index is 12.5. The average Bonchev–Trinajstić information content (AvgIpc) is 3.01. The Labute approximate surface area is 132 Å². The molecular formula is C16H28N4O2. The summed E-state index contributed by atoms with van der Waals surface area (Å²) in [5.74, 6) is 1.15. The molecule has 1 aromatic rings. The van der Waals surface area contributed by atoms with E-state index in [1.807, 2.05) is 17.7 Å². The van der Waals surface area contributed by atoms with Crippen molar-refractivity contribution in [1.82, 2.24) is 14.7 Å². The highest BCUT2D eigenvalue weighted by Crippen LogP contribution is 2.20. The summed E-state index contributed by atoms with van der Waals surface area (Å²) < 4.78 is 1.86. The van der Waals surface area contributed by atoms with Crippen LogP contribution in [0.2, 0.25) is 0 Å². The number of rotatable bonds is 6. The topological polar surface area (TPSA) is 70.4 Å². The largest absolute Gasteiger partial charge is 0.396 e. The van der Waals surface area contributed by atoms with Gasteiger partial charge in [0, 0.05) is 12.7 Å². The Balaban J connectivity index is 1.93. The molecule has 0 radical (unpaired) electrons. The van der Waals surface area contributed by atoms with Gasteiger partial charge < -0.3 is 10.4 Å². The van der Waals surface area contributed by atoms with Gasteiger partial charge in [-0.2, -0.15) is 5.10 Å². The van der Waals surface area contributed by atoms with E-state index in [-0.39, 0.29) is 24.6 Å². The standard InChI is InChI=1S/C16H28N4O2/c1-4-12(2)20-15(5-8-17-20)18-16(22)13(3)19-9-6-14(11-21)7-10-19/h5,8,12-14,21H,4,6-7,9-11H2,1-3H3,(H,18,22)/t12-,13+/m0/s1. The molecule has 22 heavy (non-hydrogen) atoms. The molecule has 1 aromatic heterocycles. The number of carbonyl (C=O) groups excluding carboxylic acids is 1. The molecule has 1 amide bonds. The first kappa shape index (κ1) is 17.0. The van der Waals surface area contributed by atoms with Crippen LogP contribution in [0.15, 0.2) is 12.3 Å². The SMILES string of the molecule is CC[C@H](C)n1nccc1NC(=O)[C@@H](C)N1CCC(CO)CC1. The zero-order chi connectivity index (χ0) is 16.1. The van der Waals surface area contributed by atoms with Crippen LogP contribution in [0.1, 0.15) is 46.1 Å². The molecule has 6 heteroatoms. The second-order valence-electron chi connectivity index (χ2n) is 6.25. The van der Waals surface area contributed by atoms with Crippen molar-refractivity contribution in [1.29, 1.82) is 0 Å². The number of anilines is 1. The summed E-state index contributed by atoms with van der Waals surface area (Å²) in [5.41, 5.74) is 0. The van der Waals surface area contributed by atoms with E-state index in [1.54, 1.807) is 6.20 Å². The first-order valence-electron chi connectivity index (χ1n) is 8.26. The molecule has 1 aliphatic heterocycles. The molecule has 0 unspecified atom stereocenters. The Morgan fingerprint density at radius 3 is 2.73 bits per heavy atom. The van der Waals surface area contributed by atoms with Gasteiger partial charge in [-0.25, -0.2) is 4.68 Å². The highest BCUT2D eigenvalue weighted by molar-refractivity contribution is 5.93. The van der Waals surface area contributed by atoms with Crippen molar-refractivity contribution < 1.29 is 9.90 Å². The molecule has 0 aromatic carbocycles. The van der Waals surface area contributed by atoms with Gasteiger partial charge >= 0.3 is 0 Å². The molecule has 0 spiro atoms. The second-order valence-corrected chi connectivity index (χ2v) is 6.25. The summed E-state index contributed by atoms with van der Waals surface area (Å²) in [6.45, 7) is 8.12. The van der Waals surface area contributed by atoms with Crippen molar-refractivity contribution in [2.75, 3.05) is 25.0 Å². The van der Waals surface area contributed by atoms with Crippen LogP contribution in [-0.4, -0.2) is 51.4 Å². The Morgan fingerprint density at radius 2 is 2.14 bits per heavy atom. The Bertz CT molecular complexity index is 480. The molecule has 2 heterocycles. The number of aliphatic hydroxyl groups excluding tert-OH is 1. The Kier molecular flexibility index (Phi) is 5.97. The van der Waals surface area contributed by atoms with E-state index in [1.165, 1.54) is 0 Å². The van der Waals surface area contributed by atoms with Crippen LogP contribution in [0, 0.1) is 5.92 Å². The quantitative estimate of drug-likeness (QED) is 0.842. The van der Waals surface area contributed by atoms with E-state index in [9.17, 15) is 9.90 Å². The molecule has 2 N–H and O–H groups in total. The Hall–Kier alpha value is -1.40. The van der Waals surface area contributed by atoms with Gasteiger partial charge in [-0.3, -0.25) is 9.69 Å². The number of nitrogens with one attached hydrogen (secondary N) is 1. The first-order chi connectivity index (χ1) is 10.6. The zero-order valence-electron chi connectivity index (χ0n) is 13.8. The fourth-order valence-corrected chi connectivity index (χ4v) is 2.86. The summed E-state index contributed by atoms with van der Waals surface area (Å²) >= 11 is 0. The van der Waals surface area contributed by atoms with Crippen molar-refractivity contribution in [3.8, 4) is 0 Å². The summed E-state index contributed by atoms with van der Waals surface area (Å²) in [6, 6.07) is 1.94. The third kappa shape index (κ3) is 3.87. The lowest BCUT2D eigenvalue weighted by molar-refractivity contribution is -0.121. The molecule has 2 rings (SSSR count). The molecule has 2 atom stereocenters. The third-order valence-electron chi connectivity index (χ3n) is 4.76. The summed E-state index contributed by atoms with van der Waals surface area (Å²) in [7, 11) is 0. The van der Waals surface area contributed by atoms with E-state index in [4.69, 9.17) is 0 Å². The number of amides is 1. The molecule has 1 saturated heterocycles. The van der Waals surface area contributed by atoms with Crippen LogP contribution in [-0.2, 0) is 4.79 Å². The lowest BCUT2D eigenvalue weighted by Gasteiger charge is -2.34. The van der Waals surface area contributed by atoms with Gasteiger partial charge in [0.05, 0.1) is 18.3 Å². The van der Waals surface area contributed by atoms with Crippen molar-refractivity contribution in [3.63, 3.8) is 0 Å². The number of piperidine rings is 1. The predicted molar refractivity (Wildman–Crippen MR) is 86.7 cm³/mol. The molecule has 0 saturated carbocycles. The van der Waals surface area contributed by atoms with Crippen LogP contribution in [0.3, 0.4) is 0 Å². The summed E-state index contributed by atoms with van der Waals surface area (Å²) in [6.07, 6.45) is 4.60. The van der Waals surface area contributed by atoms with Gasteiger partial charge in [0.1, 0.15) is 5.82 Å². The van der Waals surface area contributed by atoms with E-state index < -0.39 is 0 Å². The highest BCUT2D eigenvalue weighted by Gasteiger charge is 2.26. The minimum Gasteiger partial charge on any atom is -0.396 e. The first-order valence-corrected chi connectivity index (χ1v) is 8.26. The number of nitrogens with zero attached hydrogens (tertiary/aromatic N) is 3. The van der Waals surface area contributed by atoms with Crippen LogP contribution in [0.5, 0.6) is 0 Å². The highest BCUT2D eigenvalue weighted by atomic mass is 16.3. The van der Waals surface area contributed by atoms with Crippen LogP contribution >= 0.6 is 0 Å². The molecule has 1 aliphatic rings. The lowest BCUT2D eigenvalue weighted by Crippen LogP contribution is -2.46. The molecule has 124 valence electrons. The lowest BCUT2D eigenvalue weighted by atomic mass is 9.97. The minimum atomic E-state index is -0.167. The van der Waals surface area contributed by atoms with E-state index >= 15 is 0 Å². The van der Waals surface area contributed by atoms with Crippen LogP contribution in [0.25, 0.3) is 0 Å². The number of carbonyl (C=O) groups is 1. The zero-order valence-corrected chi connectivity index (χ0v) is 13.8. The van der Waals surface area contributed by atoms with E-state index in [2.05, 4.69) is 29.2 Å². The monoisotopic (exact) mass is 308 g/mol. The molecular weight excluding hydrogens is 280 g/mol. The van der Waals surface area contributed by atoms with E-state index in [0.29, 0.717) is 5.92 Å². The van der Waals surface area contributed by atoms with Gasteiger partial charge in [0.2, 0.25) is 5.91 Å². The number of hydrogen-bond donors (Lipinski definition) is 2. The van der Waals surface area contributed by atoms with Gasteiger partial charge in [-0.1, -0.05) is 6.92 Å². The smallest absolute Gasteiger partial charge is 0.242 e. The molecule has 1 fully saturated rings. The summed E-state index contributed by atoms with van der Waals surface area (Å²) in [5, 5.41) is 16.5. The maximum Gasteiger partial charge on any atom is 0.242 e. The average molecular weight is 308 g/mol. The van der Waals surface area contributed by atoms with Crippen molar-refractivity contribution in [3.05, 3.63) is 12.3 Å². The normalized spacial score (nSPS) is 19.8. The Morgan fingerprint density at radius 1 is 1.45 bits per heavy atom. The maximum absolute atomic E-state index is 12.5. The van der Waals surface area contributed by atoms with Gasteiger partial charge in [-0.05, 0) is 52.1 Å². The molecule has 0 aliphatic carbocycles. The van der Waals surface area contributed by atoms with Crippen LogP contribution < -0.4 is 5.32 Å². The minimum absolute atomic E-state index is 0.00695. The number of aromatic nitrogens is 2. The molecule has 0 bridgehead atoms. The fraction of sp³-hybridized carbons (Fsp3) is 0.750. The van der Waals surface area contributed by atoms with Crippen molar-refractivity contribution >= 4 is 11.7 Å². The predicted octanol–water partition coefficient (Wildman–Crippen LogP) is 1.89. The van der Waals surface area contributed by atoms with Gasteiger partial charge in [-0.15, -0.1) is 0 Å². The molecule has 6 nitrogen and oxygen atoms in total. The van der Waals surface area contributed by atoms with Gasteiger partial charge in [0.15, 0.2) is 0 Å². The van der Waals surface area contributed by atoms with Crippen molar-refractivity contribution in [2.24, 2.45) is 5.92 Å². The van der Waals surface area contributed by atoms with Crippen molar-refractivity contribution in [2.45, 2.75) is 52.1 Å².